The molecule has 0 aromatic heterocycles. The van der Waals surface area contributed by atoms with Crippen LogP contribution in [-0.2, 0) is 17.4 Å². The molecule has 3 rings (SSSR count). The van der Waals surface area contributed by atoms with E-state index in [1.165, 1.54) is 12.1 Å². The van der Waals surface area contributed by atoms with Gasteiger partial charge < -0.3 is 9.80 Å². The van der Waals surface area contributed by atoms with Gasteiger partial charge in [0.05, 0.1) is 12.0 Å². The molecule has 0 N–H and O–H groups in total. The number of carbonyl (C=O) groups excluding carboxylic acids is 2. The van der Waals surface area contributed by atoms with Gasteiger partial charge in [-0.2, -0.15) is 13.2 Å². The van der Waals surface area contributed by atoms with Crippen molar-refractivity contribution < 1.29 is 22.8 Å². The number of halogens is 3. The van der Waals surface area contributed by atoms with Gasteiger partial charge in [0, 0.05) is 31.7 Å². The Hall–Kier alpha value is -2.83. The largest absolute Gasteiger partial charge is 0.416 e. The summed E-state index contributed by atoms with van der Waals surface area (Å²) in [5, 5.41) is 0. The van der Waals surface area contributed by atoms with Crippen LogP contribution >= 0.6 is 0 Å². The van der Waals surface area contributed by atoms with Crippen LogP contribution in [0.4, 0.5) is 13.2 Å². The number of nitrogens with zero attached hydrogens (tertiary/aromatic N) is 2. The molecule has 0 atom stereocenters. The van der Waals surface area contributed by atoms with Crippen molar-refractivity contribution in [2.24, 2.45) is 0 Å². The van der Waals surface area contributed by atoms with E-state index in [-0.39, 0.29) is 17.4 Å². The fourth-order valence-corrected chi connectivity index (χ4v) is 3.14. The van der Waals surface area contributed by atoms with Crippen LogP contribution in [0.3, 0.4) is 0 Å². The third-order valence-electron chi connectivity index (χ3n) is 4.85. The smallest absolute Gasteiger partial charge is 0.339 e. The number of aryl methyl sites for hydroxylation is 1. The van der Waals surface area contributed by atoms with E-state index in [1.54, 1.807) is 9.80 Å². The van der Waals surface area contributed by atoms with E-state index < -0.39 is 11.7 Å². The molecule has 7 heteroatoms. The van der Waals surface area contributed by atoms with Crippen molar-refractivity contribution in [3.05, 3.63) is 70.8 Å². The maximum absolute atomic E-state index is 12.6. The zero-order valence-electron chi connectivity index (χ0n) is 15.5. The number of alkyl halides is 3. The summed E-state index contributed by atoms with van der Waals surface area (Å²) >= 11 is 0. The lowest BCUT2D eigenvalue weighted by molar-refractivity contribution is -0.137. The Balaban J connectivity index is 1.55. The number of amides is 2. The minimum Gasteiger partial charge on any atom is -0.339 e. The Kier molecular flexibility index (Phi) is 5.72. The van der Waals surface area contributed by atoms with Gasteiger partial charge in [0.2, 0.25) is 5.91 Å². The molecule has 1 heterocycles. The molecule has 0 radical (unpaired) electrons. The van der Waals surface area contributed by atoms with E-state index >= 15 is 0 Å². The molecular formula is C21H21F3N2O2. The van der Waals surface area contributed by atoms with Crippen molar-refractivity contribution in [2.45, 2.75) is 19.5 Å². The monoisotopic (exact) mass is 390 g/mol. The van der Waals surface area contributed by atoms with Gasteiger partial charge in [-0.15, -0.1) is 0 Å². The lowest BCUT2D eigenvalue weighted by Gasteiger charge is -2.35. The van der Waals surface area contributed by atoms with E-state index in [4.69, 9.17) is 0 Å². The molecule has 28 heavy (non-hydrogen) atoms. The third kappa shape index (κ3) is 4.71. The van der Waals surface area contributed by atoms with Crippen LogP contribution in [0, 0.1) is 6.92 Å². The molecular weight excluding hydrogens is 369 g/mol. The number of piperazine rings is 1. The van der Waals surface area contributed by atoms with Gasteiger partial charge in [-0.25, -0.2) is 0 Å². The average molecular weight is 390 g/mol. The number of hydrogen-bond acceptors (Lipinski definition) is 2. The van der Waals surface area contributed by atoms with Gasteiger partial charge >= 0.3 is 6.18 Å². The SMILES string of the molecule is Cc1ccc(CC(=O)N2CCN(C(=O)c3ccc(C(F)(F)F)cc3)CC2)cc1. The van der Waals surface area contributed by atoms with Crippen LogP contribution in [0.25, 0.3) is 0 Å². The second kappa shape index (κ2) is 8.04. The number of carbonyl (C=O) groups is 2. The highest BCUT2D eigenvalue weighted by Gasteiger charge is 2.31. The maximum Gasteiger partial charge on any atom is 0.416 e. The average Bonchev–Trinajstić information content (AvgIpc) is 2.69. The molecule has 0 spiro atoms. The van der Waals surface area contributed by atoms with Gasteiger partial charge in [-0.05, 0) is 36.8 Å². The summed E-state index contributed by atoms with van der Waals surface area (Å²) in [6, 6.07) is 12.0. The van der Waals surface area contributed by atoms with Gasteiger partial charge in [-0.1, -0.05) is 29.8 Å². The van der Waals surface area contributed by atoms with Crippen LogP contribution < -0.4 is 0 Å². The van der Waals surface area contributed by atoms with Gasteiger partial charge in [0.25, 0.3) is 5.91 Å². The summed E-state index contributed by atoms with van der Waals surface area (Å²) in [7, 11) is 0. The van der Waals surface area contributed by atoms with Crippen molar-refractivity contribution in [1.82, 2.24) is 9.80 Å². The highest BCUT2D eigenvalue weighted by atomic mass is 19.4. The molecule has 148 valence electrons. The number of hydrogen-bond donors (Lipinski definition) is 0. The highest BCUT2D eigenvalue weighted by molar-refractivity contribution is 5.94. The Morgan fingerprint density at radius 1 is 0.857 bits per heavy atom. The summed E-state index contributed by atoms with van der Waals surface area (Å²) in [6.45, 7) is 3.53. The van der Waals surface area contributed by atoms with E-state index in [0.717, 1.165) is 23.3 Å². The summed E-state index contributed by atoms with van der Waals surface area (Å²) in [6.07, 6.45) is -4.11. The number of rotatable bonds is 3. The van der Waals surface area contributed by atoms with E-state index in [0.29, 0.717) is 32.6 Å². The molecule has 1 fully saturated rings. The normalized spacial score (nSPS) is 14.9. The minimum absolute atomic E-state index is 0.00508. The van der Waals surface area contributed by atoms with Crippen LogP contribution in [0.1, 0.15) is 27.0 Å². The first-order valence-corrected chi connectivity index (χ1v) is 9.04. The predicted molar refractivity (Wildman–Crippen MR) is 98.8 cm³/mol. The maximum atomic E-state index is 12.6. The Morgan fingerprint density at radius 2 is 1.39 bits per heavy atom. The highest BCUT2D eigenvalue weighted by Crippen LogP contribution is 2.29. The molecule has 1 aliphatic heterocycles. The number of benzene rings is 2. The topological polar surface area (TPSA) is 40.6 Å². The van der Waals surface area contributed by atoms with E-state index in [2.05, 4.69) is 0 Å². The zero-order valence-corrected chi connectivity index (χ0v) is 15.5. The first-order valence-electron chi connectivity index (χ1n) is 9.04. The van der Waals surface area contributed by atoms with E-state index in [1.807, 2.05) is 31.2 Å². The van der Waals surface area contributed by atoms with Crippen molar-refractivity contribution >= 4 is 11.8 Å². The molecule has 2 aromatic rings. The molecule has 4 nitrogen and oxygen atoms in total. The van der Waals surface area contributed by atoms with Gasteiger partial charge in [0.15, 0.2) is 0 Å². The van der Waals surface area contributed by atoms with Crippen molar-refractivity contribution in [3.63, 3.8) is 0 Å². The van der Waals surface area contributed by atoms with Gasteiger partial charge in [0.1, 0.15) is 0 Å². The molecule has 2 aromatic carbocycles. The Morgan fingerprint density at radius 3 is 1.93 bits per heavy atom. The Bertz CT molecular complexity index is 837. The molecule has 0 unspecified atom stereocenters. The Labute approximate surface area is 161 Å². The minimum atomic E-state index is -4.43. The lowest BCUT2D eigenvalue weighted by atomic mass is 10.1. The van der Waals surface area contributed by atoms with Crippen molar-refractivity contribution in [2.75, 3.05) is 26.2 Å². The zero-order chi connectivity index (χ0) is 20.3. The second-order valence-corrected chi connectivity index (χ2v) is 6.91. The van der Waals surface area contributed by atoms with Crippen LogP contribution in [0.15, 0.2) is 48.5 Å². The first kappa shape index (κ1) is 19.9. The fraction of sp³-hybridized carbons (Fsp3) is 0.333. The fourth-order valence-electron chi connectivity index (χ4n) is 3.14. The van der Waals surface area contributed by atoms with Gasteiger partial charge in [-0.3, -0.25) is 9.59 Å². The second-order valence-electron chi connectivity index (χ2n) is 6.91. The summed E-state index contributed by atoms with van der Waals surface area (Å²) in [5.74, 6) is -0.315. The molecule has 2 amide bonds. The van der Waals surface area contributed by atoms with Crippen LogP contribution in [-0.4, -0.2) is 47.8 Å². The third-order valence-corrected chi connectivity index (χ3v) is 4.85. The summed E-state index contributed by atoms with van der Waals surface area (Å²) in [4.78, 5) is 28.2. The molecule has 1 saturated heterocycles. The standard InChI is InChI=1S/C21H21F3N2O2/c1-15-2-4-16(5-3-15)14-19(27)25-10-12-26(13-11-25)20(28)17-6-8-18(9-7-17)21(22,23)24/h2-9H,10-14H2,1H3. The molecule has 0 saturated carbocycles. The van der Waals surface area contributed by atoms with Crippen LogP contribution in [0.5, 0.6) is 0 Å². The quantitative estimate of drug-likeness (QED) is 0.804. The lowest BCUT2D eigenvalue weighted by Crippen LogP contribution is -2.51. The predicted octanol–water partition coefficient (Wildman–Crippen LogP) is 3.54. The first-order chi connectivity index (χ1) is 13.2. The summed E-state index contributed by atoms with van der Waals surface area (Å²) < 4.78 is 37.9. The van der Waals surface area contributed by atoms with Crippen molar-refractivity contribution in [1.29, 1.82) is 0 Å². The molecule has 1 aliphatic rings. The summed E-state index contributed by atoms with van der Waals surface area (Å²) in [5.41, 5.74) is 1.51. The van der Waals surface area contributed by atoms with E-state index in [9.17, 15) is 22.8 Å². The van der Waals surface area contributed by atoms with Crippen LogP contribution in [0.2, 0.25) is 0 Å². The van der Waals surface area contributed by atoms with Crippen molar-refractivity contribution in [3.8, 4) is 0 Å². The molecule has 0 bridgehead atoms. The molecule has 0 aliphatic carbocycles.